The van der Waals surface area contributed by atoms with Gasteiger partial charge in [0.1, 0.15) is 5.57 Å². The fraction of sp³-hybridized carbons (Fsp3) is 0.190. The third-order valence-electron chi connectivity index (χ3n) is 4.79. The Kier molecular flexibility index (Phi) is 4.43. The number of carbonyl (C=O) groups excluding carboxylic acids is 3. The molecule has 0 fully saturated rings. The number of Topliss-reactive ketones (excluding diaryl/α,β-unsaturated/α-hetero) is 1. The number of benzene rings is 2. The minimum atomic E-state index is -1.74. The van der Waals surface area contributed by atoms with Crippen molar-refractivity contribution in [2.45, 2.75) is 19.2 Å². The highest BCUT2D eigenvalue weighted by molar-refractivity contribution is 6.31. The van der Waals surface area contributed by atoms with Crippen LogP contribution in [0.2, 0.25) is 5.02 Å². The molecule has 142 valence electrons. The van der Waals surface area contributed by atoms with Gasteiger partial charge in [-0.2, -0.15) is 0 Å². The summed E-state index contributed by atoms with van der Waals surface area (Å²) in [7, 11) is 0. The molecule has 0 radical (unpaired) electrons. The molecule has 1 atom stereocenters. The van der Waals surface area contributed by atoms with Gasteiger partial charge in [-0.15, -0.1) is 0 Å². The van der Waals surface area contributed by atoms with Crippen LogP contribution in [0.4, 0.5) is 0 Å². The number of ketones is 1. The molecule has 0 N–H and O–H groups in total. The van der Waals surface area contributed by atoms with Crippen molar-refractivity contribution in [3.05, 3.63) is 82.0 Å². The molecule has 4 rings (SSSR count). The highest BCUT2D eigenvalue weighted by Crippen LogP contribution is 2.46. The molecule has 2 aromatic carbocycles. The first-order valence-electron chi connectivity index (χ1n) is 8.75. The lowest BCUT2D eigenvalue weighted by Gasteiger charge is -2.33. The zero-order chi connectivity index (χ0) is 19.9. The molecule has 6 nitrogen and oxygen atoms in total. The molecular weight excluding hydrogens is 382 g/mol. The number of esters is 2. The Hall–Kier alpha value is -3.12. The fourth-order valence-electron chi connectivity index (χ4n) is 3.52. The molecule has 0 aromatic heterocycles. The molecule has 0 saturated carbocycles. The van der Waals surface area contributed by atoms with Gasteiger partial charge in [0.15, 0.2) is 0 Å². The summed E-state index contributed by atoms with van der Waals surface area (Å²) < 4.78 is 10.6. The van der Waals surface area contributed by atoms with Crippen molar-refractivity contribution in [1.29, 1.82) is 0 Å². The van der Waals surface area contributed by atoms with Gasteiger partial charge in [0.25, 0.3) is 5.72 Å². The highest BCUT2D eigenvalue weighted by Gasteiger charge is 2.60. The van der Waals surface area contributed by atoms with E-state index < -0.39 is 23.4 Å². The molecule has 0 bridgehead atoms. The molecule has 2 aromatic rings. The molecule has 2 aliphatic heterocycles. The number of fused-ring (bicyclic) bond motifs is 2. The van der Waals surface area contributed by atoms with Crippen LogP contribution in [-0.2, 0) is 31.3 Å². The van der Waals surface area contributed by atoms with Gasteiger partial charge in [0.05, 0.1) is 12.2 Å². The second-order valence-electron chi connectivity index (χ2n) is 6.39. The van der Waals surface area contributed by atoms with Crippen LogP contribution in [0.15, 0.2) is 60.3 Å². The van der Waals surface area contributed by atoms with Crippen molar-refractivity contribution < 1.29 is 23.9 Å². The summed E-state index contributed by atoms with van der Waals surface area (Å²) in [5, 5.41) is 0.501. The van der Waals surface area contributed by atoms with Crippen LogP contribution in [0.1, 0.15) is 28.4 Å². The number of ether oxygens (including phenoxy) is 2. The van der Waals surface area contributed by atoms with Crippen molar-refractivity contribution in [2.24, 2.45) is 0 Å². The van der Waals surface area contributed by atoms with Gasteiger partial charge < -0.3 is 14.4 Å². The van der Waals surface area contributed by atoms with Crippen molar-refractivity contribution in [2.75, 3.05) is 6.61 Å². The van der Waals surface area contributed by atoms with Crippen LogP contribution in [-0.4, -0.2) is 29.2 Å². The first kappa shape index (κ1) is 18.3. The maximum absolute atomic E-state index is 13.3. The average molecular weight is 398 g/mol. The molecule has 2 heterocycles. The molecule has 1 spiro atoms. The quantitative estimate of drug-likeness (QED) is 0.582. The van der Waals surface area contributed by atoms with E-state index in [0.717, 1.165) is 5.56 Å². The SMILES string of the molecule is CCOC(=O)C1=CN(Cc2ccccc2Cl)C2(OC(=O)c3ccccc32)C1=O. The standard InChI is InChI=1S/C21H16ClNO5/c1-2-27-19(25)15-12-23(11-13-7-3-6-10-17(13)22)21(18(15)24)16-9-5-4-8-14(16)20(26)28-21/h3-10,12H,2,11H2,1H3. The van der Waals surface area contributed by atoms with E-state index in [0.29, 0.717) is 16.1 Å². The van der Waals surface area contributed by atoms with E-state index in [1.165, 1.54) is 11.1 Å². The molecule has 1 unspecified atom stereocenters. The summed E-state index contributed by atoms with van der Waals surface area (Å²) in [6.07, 6.45) is 1.39. The van der Waals surface area contributed by atoms with Gasteiger partial charge in [0, 0.05) is 23.3 Å². The van der Waals surface area contributed by atoms with E-state index >= 15 is 0 Å². The molecule has 0 aliphatic carbocycles. The number of halogens is 1. The average Bonchev–Trinajstić information content (AvgIpc) is 3.14. The zero-order valence-corrected chi connectivity index (χ0v) is 15.7. The van der Waals surface area contributed by atoms with Gasteiger partial charge in [-0.05, 0) is 24.6 Å². The number of nitrogens with zero attached hydrogens (tertiary/aromatic N) is 1. The van der Waals surface area contributed by atoms with Crippen molar-refractivity contribution in [3.63, 3.8) is 0 Å². The van der Waals surface area contributed by atoms with Gasteiger partial charge in [-0.1, -0.05) is 48.0 Å². The Morgan fingerprint density at radius 1 is 1.14 bits per heavy atom. The summed E-state index contributed by atoms with van der Waals surface area (Å²) in [6, 6.07) is 13.8. The second kappa shape index (κ2) is 6.80. The van der Waals surface area contributed by atoms with E-state index in [-0.39, 0.29) is 18.7 Å². The van der Waals surface area contributed by atoms with Crippen molar-refractivity contribution >= 4 is 29.3 Å². The topological polar surface area (TPSA) is 72.9 Å². The third-order valence-corrected chi connectivity index (χ3v) is 5.16. The maximum atomic E-state index is 13.3. The zero-order valence-electron chi connectivity index (χ0n) is 15.0. The molecule has 2 aliphatic rings. The molecule has 0 saturated heterocycles. The van der Waals surface area contributed by atoms with Gasteiger partial charge in [-0.25, -0.2) is 9.59 Å². The van der Waals surface area contributed by atoms with Crippen molar-refractivity contribution in [1.82, 2.24) is 4.90 Å². The molecule has 28 heavy (non-hydrogen) atoms. The van der Waals surface area contributed by atoms with Gasteiger partial charge >= 0.3 is 11.9 Å². The molecule has 7 heteroatoms. The lowest BCUT2D eigenvalue weighted by Crippen LogP contribution is -2.46. The molecular formula is C21H16ClNO5. The van der Waals surface area contributed by atoms with E-state index in [9.17, 15) is 14.4 Å². The summed E-state index contributed by atoms with van der Waals surface area (Å²) in [4.78, 5) is 39.7. The van der Waals surface area contributed by atoms with E-state index in [2.05, 4.69) is 0 Å². The van der Waals surface area contributed by atoms with Crippen molar-refractivity contribution in [3.8, 4) is 0 Å². The Morgan fingerprint density at radius 3 is 2.61 bits per heavy atom. The first-order valence-corrected chi connectivity index (χ1v) is 9.13. The largest absolute Gasteiger partial charge is 0.462 e. The van der Waals surface area contributed by atoms with E-state index in [4.69, 9.17) is 21.1 Å². The van der Waals surface area contributed by atoms with Gasteiger partial charge in [0.2, 0.25) is 5.78 Å². The van der Waals surface area contributed by atoms with Gasteiger partial charge in [-0.3, -0.25) is 4.79 Å². The Labute approximate surface area is 166 Å². The van der Waals surface area contributed by atoms with Crippen LogP contribution in [0.3, 0.4) is 0 Å². The first-order chi connectivity index (χ1) is 13.5. The highest BCUT2D eigenvalue weighted by atomic mass is 35.5. The summed E-state index contributed by atoms with van der Waals surface area (Å²) in [5.41, 5.74) is -0.503. The number of rotatable bonds is 4. The predicted octanol–water partition coefficient (Wildman–Crippen LogP) is 3.20. The van der Waals surface area contributed by atoms with Crippen LogP contribution < -0.4 is 0 Å². The van der Waals surface area contributed by atoms with E-state index in [1.807, 2.05) is 6.07 Å². The number of hydrogen-bond acceptors (Lipinski definition) is 6. The summed E-state index contributed by atoms with van der Waals surface area (Å²) in [5.74, 6) is -2.00. The number of carbonyl (C=O) groups is 3. The van der Waals surface area contributed by atoms with Crippen LogP contribution >= 0.6 is 11.6 Å². The summed E-state index contributed by atoms with van der Waals surface area (Å²) in [6.45, 7) is 1.94. The fourth-order valence-corrected chi connectivity index (χ4v) is 3.72. The lowest BCUT2D eigenvalue weighted by molar-refractivity contribution is -0.151. The summed E-state index contributed by atoms with van der Waals surface area (Å²) >= 11 is 6.28. The second-order valence-corrected chi connectivity index (χ2v) is 6.80. The maximum Gasteiger partial charge on any atom is 0.343 e. The Balaban J connectivity index is 1.84. The molecule has 0 amide bonds. The lowest BCUT2D eigenvalue weighted by atomic mass is 9.94. The predicted molar refractivity (Wildman–Crippen MR) is 100 cm³/mol. The normalized spacial score (nSPS) is 20.2. The van der Waals surface area contributed by atoms with Crippen LogP contribution in [0.25, 0.3) is 0 Å². The smallest absolute Gasteiger partial charge is 0.343 e. The van der Waals surface area contributed by atoms with Crippen LogP contribution in [0, 0.1) is 0 Å². The number of hydrogen-bond donors (Lipinski definition) is 0. The Morgan fingerprint density at radius 2 is 1.86 bits per heavy atom. The minimum absolute atomic E-state index is 0.122. The minimum Gasteiger partial charge on any atom is -0.462 e. The van der Waals surface area contributed by atoms with Crippen LogP contribution in [0.5, 0.6) is 0 Å². The monoisotopic (exact) mass is 397 g/mol. The third kappa shape index (κ3) is 2.60. The van der Waals surface area contributed by atoms with E-state index in [1.54, 1.807) is 49.4 Å². The Bertz CT molecular complexity index is 1030.